The van der Waals surface area contributed by atoms with E-state index in [1.54, 1.807) is 0 Å². The highest BCUT2D eigenvalue weighted by Crippen LogP contribution is 2.52. The highest BCUT2D eigenvalue weighted by Gasteiger charge is 2.76. The first kappa shape index (κ1) is 86.9. The summed E-state index contributed by atoms with van der Waals surface area (Å²) >= 11 is 0. The number of carbonyl (C=O) groups excluding carboxylic acids is 6. The van der Waals surface area contributed by atoms with E-state index >= 15 is 0 Å². The molecule has 98 heavy (non-hydrogen) atoms. The van der Waals surface area contributed by atoms with Gasteiger partial charge in [0.1, 0.15) is 60.0 Å². The van der Waals surface area contributed by atoms with Crippen LogP contribution in [-0.2, 0) is 76.1 Å². The van der Waals surface area contributed by atoms with Crippen molar-refractivity contribution >= 4 is 35.8 Å². The topological polar surface area (TPSA) is 276 Å². The molecule has 2 saturated heterocycles. The number of hydrogen-bond donors (Lipinski definition) is 4. The van der Waals surface area contributed by atoms with Crippen LogP contribution < -0.4 is 0 Å². The Kier molecular flexibility index (Phi) is 25.6. The first-order valence-electron chi connectivity index (χ1n) is 29.9. The van der Waals surface area contributed by atoms with Crippen molar-refractivity contribution in [3.63, 3.8) is 0 Å². The Morgan fingerprint density at radius 2 is 0.867 bits per heavy atom. The minimum atomic E-state index is -6.32. The summed E-state index contributed by atoms with van der Waals surface area (Å²) in [6.45, 7) is 20.7. The second-order valence-electron chi connectivity index (χ2n) is 27.7. The maximum Gasteiger partial charge on any atom is 0.428 e. The van der Waals surface area contributed by atoms with Gasteiger partial charge < -0.3 is 67.8 Å². The van der Waals surface area contributed by atoms with Crippen molar-refractivity contribution in [1.29, 1.82) is 0 Å². The Morgan fingerprint density at radius 1 is 0.510 bits per heavy atom. The van der Waals surface area contributed by atoms with Crippen LogP contribution in [0.25, 0.3) is 0 Å². The fourth-order valence-corrected chi connectivity index (χ4v) is 11.2. The van der Waals surface area contributed by atoms with Gasteiger partial charge in [-0.05, 0) is 124 Å². The molecule has 2 aliphatic carbocycles. The van der Waals surface area contributed by atoms with E-state index in [1.807, 2.05) is 0 Å². The largest absolute Gasteiger partial charge is 0.459 e. The van der Waals surface area contributed by atoms with Gasteiger partial charge in [-0.2, -0.15) is 79.0 Å². The molecule has 15 unspecified atom stereocenters. The number of halogens is 18. The average Bonchev–Trinajstić information content (AvgIpc) is 1.13. The van der Waals surface area contributed by atoms with E-state index in [9.17, 15) is 128 Å². The minimum Gasteiger partial charge on any atom is -0.459 e. The smallest absolute Gasteiger partial charge is 0.428 e. The molecule has 15 atom stereocenters. The number of alkyl halides is 18. The van der Waals surface area contributed by atoms with Crippen LogP contribution in [0.5, 0.6) is 0 Å². The Balaban J connectivity index is 0.000000510. The molecule has 4 bridgehead atoms. The molecule has 38 heteroatoms. The number of aliphatic hydroxyl groups is 4. The molecule has 0 aromatic carbocycles. The van der Waals surface area contributed by atoms with Gasteiger partial charge in [0.05, 0.1) is 35.2 Å². The van der Waals surface area contributed by atoms with Gasteiger partial charge in [-0.3, -0.25) is 19.2 Å². The number of hydrogen-bond acceptors (Lipinski definition) is 20. The van der Waals surface area contributed by atoms with Gasteiger partial charge >= 0.3 is 72.9 Å². The van der Waals surface area contributed by atoms with Crippen LogP contribution in [-0.4, -0.2) is 199 Å². The molecule has 2 saturated carbocycles. The molecule has 20 nitrogen and oxygen atoms in total. The molecule has 2 heterocycles. The van der Waals surface area contributed by atoms with Gasteiger partial charge in [-0.15, -0.1) is 0 Å². The van der Waals surface area contributed by atoms with Gasteiger partial charge in [0.15, 0.2) is 16.6 Å². The molecule has 4 aliphatic rings. The van der Waals surface area contributed by atoms with Crippen molar-refractivity contribution in [2.24, 2.45) is 17.3 Å². The molecule has 0 aromatic heterocycles. The lowest BCUT2D eigenvalue weighted by atomic mass is 9.74. The second-order valence-corrected chi connectivity index (χ2v) is 27.7. The van der Waals surface area contributed by atoms with Crippen LogP contribution in [0.1, 0.15) is 156 Å². The van der Waals surface area contributed by atoms with Crippen molar-refractivity contribution < 1.29 is 176 Å². The zero-order valence-electron chi connectivity index (χ0n) is 55.9. The molecule has 4 N–H and O–H groups in total. The predicted molar refractivity (Wildman–Crippen MR) is 297 cm³/mol. The minimum absolute atomic E-state index is 0.0266. The van der Waals surface area contributed by atoms with Crippen molar-refractivity contribution in [2.75, 3.05) is 0 Å². The van der Waals surface area contributed by atoms with Gasteiger partial charge in [-0.25, -0.2) is 9.59 Å². The Labute approximate surface area is 550 Å². The van der Waals surface area contributed by atoms with Crippen LogP contribution in [0.4, 0.5) is 79.0 Å². The lowest BCUT2D eigenvalue weighted by Gasteiger charge is -2.45. The number of esters is 6. The fourth-order valence-electron chi connectivity index (χ4n) is 11.2. The summed E-state index contributed by atoms with van der Waals surface area (Å²) in [5, 5.41) is 39.9. The predicted octanol–water partition coefficient (Wildman–Crippen LogP) is 10.7. The SMILES string of the molecule is C=C(C)C(=O)OC1CC(C(=O)OC(CC(C)(C)OC(C)C(C)(O)C(F)(F)F)C(C)(C)OC(C)C(O)(C(F)(F)F)C(F)(F)F)C2CC1OC2=O.C=C(C)C(=O)OC1CCC2(C(=O)OC(CC(C)(C)OC(C)C(C)(O)C(F)(F)F)C(C)(C)OC(C)C(O)(C(F)(F)F)C(F)(F)F)CC1OC2=O. The molecule has 0 spiro atoms. The molecule has 4 rings (SSSR count). The summed E-state index contributed by atoms with van der Waals surface area (Å²) in [7, 11) is 0. The Bertz CT molecular complexity index is 2880. The van der Waals surface area contributed by atoms with Crippen molar-refractivity contribution in [2.45, 2.75) is 299 Å². The van der Waals surface area contributed by atoms with Gasteiger partial charge in [0, 0.05) is 43.3 Å². The fraction of sp³-hybridized carbons (Fsp3) is 0.833. The molecule has 4 fully saturated rings. The van der Waals surface area contributed by atoms with Gasteiger partial charge in [0.2, 0.25) is 0 Å². The maximum absolute atomic E-state index is 13.7. The number of fused-ring (bicyclic) bond motifs is 4. The quantitative estimate of drug-likeness (QED) is 0.0206. The third-order valence-corrected chi connectivity index (χ3v) is 17.8. The van der Waals surface area contributed by atoms with E-state index in [-0.39, 0.29) is 50.7 Å². The summed E-state index contributed by atoms with van der Waals surface area (Å²) in [6.07, 6.45) is -57.0. The highest BCUT2D eigenvalue weighted by atomic mass is 19.4. The first-order valence-corrected chi connectivity index (χ1v) is 29.9. The second kappa shape index (κ2) is 28.9. The zero-order chi connectivity index (χ0) is 77.1. The number of ether oxygens (including phenoxy) is 10. The Hall–Kier alpha value is -5.28. The summed E-state index contributed by atoms with van der Waals surface area (Å²) in [5.74, 6) is -8.93. The highest BCUT2D eigenvalue weighted by molar-refractivity contribution is 6.02. The van der Waals surface area contributed by atoms with Crippen molar-refractivity contribution in [1.82, 2.24) is 0 Å². The third-order valence-electron chi connectivity index (χ3n) is 17.8. The van der Waals surface area contributed by atoms with Crippen LogP contribution in [0.3, 0.4) is 0 Å². The molecule has 0 aromatic rings. The van der Waals surface area contributed by atoms with Crippen LogP contribution in [0.2, 0.25) is 0 Å². The summed E-state index contributed by atoms with van der Waals surface area (Å²) in [4.78, 5) is 77.2. The monoisotopic (exact) mass is 1460 g/mol. The Morgan fingerprint density at radius 3 is 1.21 bits per heavy atom. The standard InChI is InChI=1S/2C30H41F9O10/c1-13(2)21(40)45-18-11-17(16-10-19(18)46-22(16)41)23(42)47-20(12-24(5,6)48-14(3)26(9,43)28(31,32)33)25(7,8)49-15(4)27(44,29(34,35)36)30(37,38)39;1-14(2)20(40)45-17-10-11-26(12-18(17)46-21(26)41)22(42)47-19(13-23(5,6)48-15(3)25(9,43)28(31,32)33)24(7,8)49-16(4)27(44,29(34,35)36)30(37,38)39/h14-20,43-44H,1,10-12H2,2-9H3;15-19,43-44H,1,10-13H2,2-9H3. The van der Waals surface area contributed by atoms with Crippen LogP contribution in [0.15, 0.2) is 24.3 Å². The lowest BCUT2D eigenvalue weighted by Crippen LogP contribution is -2.66. The zero-order valence-corrected chi connectivity index (χ0v) is 55.9. The molecular formula is C60H82F18O20. The van der Waals surface area contributed by atoms with Gasteiger partial charge in [-0.1, -0.05) is 13.2 Å². The normalized spacial score (nSPS) is 25.5. The number of carbonyl (C=O) groups is 6. The van der Waals surface area contributed by atoms with E-state index in [1.165, 1.54) is 13.8 Å². The van der Waals surface area contributed by atoms with E-state index < -0.39 is 215 Å². The maximum atomic E-state index is 13.7. The van der Waals surface area contributed by atoms with E-state index in [0.717, 1.165) is 69.2 Å². The van der Waals surface area contributed by atoms with Crippen molar-refractivity contribution in [3.05, 3.63) is 24.3 Å². The molecule has 2 aliphatic heterocycles. The third kappa shape index (κ3) is 18.7. The van der Waals surface area contributed by atoms with E-state index in [4.69, 9.17) is 47.4 Å². The molecular weight excluding hydrogens is 1380 g/mol. The molecule has 0 amide bonds. The molecule has 0 radical (unpaired) electrons. The number of rotatable bonds is 26. The van der Waals surface area contributed by atoms with Gasteiger partial charge in [0.25, 0.3) is 11.2 Å². The summed E-state index contributed by atoms with van der Waals surface area (Å²) in [5.41, 5.74) is -28.4. The first-order chi connectivity index (χ1) is 43.4. The molecule has 568 valence electrons. The van der Waals surface area contributed by atoms with E-state index in [0.29, 0.717) is 13.8 Å². The summed E-state index contributed by atoms with van der Waals surface area (Å²) < 4.78 is 298. The van der Waals surface area contributed by atoms with Crippen molar-refractivity contribution in [3.8, 4) is 0 Å². The average molecular weight is 1470 g/mol. The lowest BCUT2D eigenvalue weighted by molar-refractivity contribution is -0.401. The van der Waals surface area contributed by atoms with Crippen LogP contribution in [0, 0.1) is 17.3 Å². The van der Waals surface area contributed by atoms with E-state index in [2.05, 4.69) is 13.2 Å². The summed E-state index contributed by atoms with van der Waals surface area (Å²) in [6, 6.07) is 0. The van der Waals surface area contributed by atoms with Crippen LogP contribution >= 0.6 is 0 Å².